The monoisotopic (exact) mass is 406 g/mol. The fourth-order valence-electron chi connectivity index (χ4n) is 3.47. The van der Waals surface area contributed by atoms with E-state index in [4.69, 9.17) is 9.72 Å². The highest BCUT2D eigenvalue weighted by Gasteiger charge is 2.17. The Balaban J connectivity index is 1.56. The summed E-state index contributed by atoms with van der Waals surface area (Å²) in [6, 6.07) is 16.5. The molecule has 5 N–H and O–H groups in total. The average Bonchev–Trinajstić information content (AvgIpc) is 3.40. The highest BCUT2D eigenvalue weighted by atomic mass is 32.1. The smallest absolute Gasteiger partial charge is 0.139 e. The van der Waals surface area contributed by atoms with Gasteiger partial charge in [-0.05, 0) is 49.1 Å². The SMILES string of the molecule is CC(C)Oc1cccc(Nc2nc3cc(C4NNNN4)ccc3c3sccc23)c1. The molecule has 148 valence electrons. The molecule has 0 bridgehead atoms. The number of hydrogen-bond donors (Lipinski definition) is 5. The van der Waals surface area contributed by atoms with Gasteiger partial charge < -0.3 is 10.1 Å². The molecule has 7 nitrogen and oxygen atoms in total. The number of pyridine rings is 1. The molecule has 0 unspecified atom stereocenters. The summed E-state index contributed by atoms with van der Waals surface area (Å²) < 4.78 is 7.05. The molecule has 0 atom stereocenters. The van der Waals surface area contributed by atoms with Crippen molar-refractivity contribution in [1.29, 1.82) is 0 Å². The van der Waals surface area contributed by atoms with Crippen molar-refractivity contribution in [1.82, 2.24) is 26.9 Å². The minimum Gasteiger partial charge on any atom is -0.491 e. The Hall–Kier alpha value is -2.75. The molecule has 2 aromatic heterocycles. The molecular weight excluding hydrogens is 384 g/mol. The lowest BCUT2D eigenvalue weighted by molar-refractivity contribution is 0.242. The Morgan fingerprint density at radius 1 is 1.03 bits per heavy atom. The molecule has 0 spiro atoms. The molecule has 0 saturated carbocycles. The van der Waals surface area contributed by atoms with Crippen molar-refractivity contribution in [3.63, 3.8) is 0 Å². The second kappa shape index (κ2) is 7.58. The number of aromatic nitrogens is 1. The largest absolute Gasteiger partial charge is 0.491 e. The molecule has 0 amide bonds. The van der Waals surface area contributed by atoms with Crippen molar-refractivity contribution in [3.05, 3.63) is 59.5 Å². The lowest BCUT2D eigenvalue weighted by Crippen LogP contribution is -2.33. The molecule has 2 aromatic carbocycles. The van der Waals surface area contributed by atoms with E-state index in [2.05, 4.69) is 56.9 Å². The number of rotatable bonds is 5. The van der Waals surface area contributed by atoms with Crippen LogP contribution in [0, 0.1) is 0 Å². The Labute approximate surface area is 172 Å². The fraction of sp³-hybridized carbons (Fsp3) is 0.190. The highest BCUT2D eigenvalue weighted by molar-refractivity contribution is 7.18. The van der Waals surface area contributed by atoms with Crippen LogP contribution in [0.15, 0.2) is 53.9 Å². The zero-order chi connectivity index (χ0) is 19.8. The molecule has 5 rings (SSSR count). The number of ether oxygens (including phenoxy) is 1. The van der Waals surface area contributed by atoms with Gasteiger partial charge in [-0.15, -0.1) is 11.3 Å². The summed E-state index contributed by atoms with van der Waals surface area (Å²) in [6.07, 6.45) is 0.106. The van der Waals surface area contributed by atoms with Crippen LogP contribution in [0.2, 0.25) is 0 Å². The first kappa shape index (κ1) is 18.3. The van der Waals surface area contributed by atoms with Crippen molar-refractivity contribution < 1.29 is 4.74 Å². The highest BCUT2D eigenvalue weighted by Crippen LogP contribution is 2.36. The number of nitrogens with zero attached hydrogens (tertiary/aromatic N) is 1. The van der Waals surface area contributed by atoms with Crippen molar-refractivity contribution in [2.75, 3.05) is 5.32 Å². The molecular formula is C21H22N6OS. The Kier molecular flexibility index (Phi) is 4.78. The first-order valence-electron chi connectivity index (χ1n) is 9.53. The number of thiophene rings is 1. The van der Waals surface area contributed by atoms with E-state index in [1.165, 1.54) is 4.70 Å². The van der Waals surface area contributed by atoms with Crippen molar-refractivity contribution in [2.24, 2.45) is 0 Å². The van der Waals surface area contributed by atoms with Crippen LogP contribution in [0.25, 0.3) is 21.0 Å². The van der Waals surface area contributed by atoms with Gasteiger partial charge in [-0.2, -0.15) is 11.1 Å². The third-order valence-corrected chi connectivity index (χ3v) is 5.66. The maximum Gasteiger partial charge on any atom is 0.139 e. The Morgan fingerprint density at radius 3 is 2.72 bits per heavy atom. The minimum absolute atomic E-state index is 0.0264. The van der Waals surface area contributed by atoms with E-state index in [1.807, 2.05) is 38.1 Å². The third-order valence-electron chi connectivity index (χ3n) is 4.72. The zero-order valence-corrected chi connectivity index (χ0v) is 16.9. The van der Waals surface area contributed by atoms with Gasteiger partial charge in [0.15, 0.2) is 0 Å². The second-order valence-corrected chi connectivity index (χ2v) is 8.11. The summed E-state index contributed by atoms with van der Waals surface area (Å²) in [5.74, 6) is 1.68. The van der Waals surface area contributed by atoms with Crippen LogP contribution in [0.1, 0.15) is 25.6 Å². The van der Waals surface area contributed by atoms with Gasteiger partial charge in [0.25, 0.3) is 0 Å². The number of anilines is 2. The van der Waals surface area contributed by atoms with E-state index in [9.17, 15) is 0 Å². The van der Waals surface area contributed by atoms with Crippen LogP contribution >= 0.6 is 11.3 Å². The van der Waals surface area contributed by atoms with Gasteiger partial charge in [0, 0.05) is 27.2 Å². The van der Waals surface area contributed by atoms with Gasteiger partial charge in [-0.3, -0.25) is 0 Å². The summed E-state index contributed by atoms with van der Waals surface area (Å²) in [6.45, 7) is 4.05. The predicted octanol–water partition coefficient (Wildman–Crippen LogP) is 4.10. The van der Waals surface area contributed by atoms with Crippen LogP contribution in [0.5, 0.6) is 5.75 Å². The lowest BCUT2D eigenvalue weighted by Gasteiger charge is -2.14. The topological polar surface area (TPSA) is 82.3 Å². The van der Waals surface area contributed by atoms with Gasteiger partial charge in [0.05, 0.1) is 11.6 Å². The zero-order valence-electron chi connectivity index (χ0n) is 16.1. The molecule has 0 radical (unpaired) electrons. The Morgan fingerprint density at radius 2 is 1.90 bits per heavy atom. The van der Waals surface area contributed by atoms with Crippen molar-refractivity contribution in [2.45, 2.75) is 26.1 Å². The first-order valence-corrected chi connectivity index (χ1v) is 10.4. The van der Waals surface area contributed by atoms with E-state index >= 15 is 0 Å². The third kappa shape index (κ3) is 3.64. The van der Waals surface area contributed by atoms with Crippen molar-refractivity contribution in [3.8, 4) is 5.75 Å². The summed E-state index contributed by atoms with van der Waals surface area (Å²) in [5.41, 5.74) is 14.9. The molecule has 3 heterocycles. The number of benzene rings is 2. The minimum atomic E-state index is -0.0264. The van der Waals surface area contributed by atoms with E-state index in [-0.39, 0.29) is 12.3 Å². The van der Waals surface area contributed by atoms with Gasteiger partial charge in [0.1, 0.15) is 17.7 Å². The standard InChI is InChI=1S/C21H22N6OS/c1-12(2)28-15-5-3-4-14(11-15)22-21-17-8-9-29-19(17)16-7-6-13(10-18(16)23-21)20-24-26-27-25-20/h3-12,20,24-27H,1-2H3,(H,22,23). The van der Waals surface area contributed by atoms with Gasteiger partial charge in [-0.1, -0.05) is 18.2 Å². The van der Waals surface area contributed by atoms with Gasteiger partial charge in [0.2, 0.25) is 0 Å². The van der Waals surface area contributed by atoms with Gasteiger partial charge in [-0.25, -0.2) is 15.8 Å². The molecule has 1 saturated heterocycles. The predicted molar refractivity (Wildman–Crippen MR) is 118 cm³/mol. The second-order valence-electron chi connectivity index (χ2n) is 7.19. The maximum absolute atomic E-state index is 5.82. The molecule has 1 fully saturated rings. The summed E-state index contributed by atoms with van der Waals surface area (Å²) in [5, 5.41) is 7.87. The van der Waals surface area contributed by atoms with E-state index in [0.717, 1.165) is 39.1 Å². The van der Waals surface area contributed by atoms with Crippen LogP contribution in [0.3, 0.4) is 0 Å². The molecule has 29 heavy (non-hydrogen) atoms. The normalized spacial score (nSPS) is 14.9. The summed E-state index contributed by atoms with van der Waals surface area (Å²) >= 11 is 1.73. The molecule has 1 aliphatic rings. The molecule has 8 heteroatoms. The first-order chi connectivity index (χ1) is 14.2. The molecule has 0 aliphatic carbocycles. The average molecular weight is 407 g/mol. The van der Waals surface area contributed by atoms with Crippen LogP contribution in [0.4, 0.5) is 11.5 Å². The van der Waals surface area contributed by atoms with Crippen LogP contribution in [-0.4, -0.2) is 11.1 Å². The lowest BCUT2D eigenvalue weighted by atomic mass is 10.1. The number of hydrogen-bond acceptors (Lipinski definition) is 8. The number of hydrazine groups is 3. The molecule has 4 aromatic rings. The van der Waals surface area contributed by atoms with Crippen molar-refractivity contribution >= 4 is 43.8 Å². The summed E-state index contributed by atoms with van der Waals surface area (Å²) in [4.78, 5) is 4.95. The Bertz CT molecular complexity index is 1170. The van der Waals surface area contributed by atoms with Gasteiger partial charge >= 0.3 is 0 Å². The maximum atomic E-state index is 5.82. The van der Waals surface area contributed by atoms with Crippen LogP contribution in [-0.2, 0) is 0 Å². The van der Waals surface area contributed by atoms with E-state index < -0.39 is 0 Å². The van der Waals surface area contributed by atoms with E-state index in [1.54, 1.807) is 11.3 Å². The fourth-order valence-corrected chi connectivity index (χ4v) is 4.40. The number of nitrogens with one attached hydrogen (secondary N) is 5. The van der Waals surface area contributed by atoms with Crippen LogP contribution < -0.4 is 32.0 Å². The summed E-state index contributed by atoms with van der Waals surface area (Å²) in [7, 11) is 0. The molecule has 1 aliphatic heterocycles. The number of fused-ring (bicyclic) bond motifs is 3. The quantitative estimate of drug-likeness (QED) is 0.341. The van der Waals surface area contributed by atoms with E-state index in [0.29, 0.717) is 0 Å².